The highest BCUT2D eigenvalue weighted by Gasteiger charge is 2.21. The van der Waals surface area contributed by atoms with E-state index in [9.17, 15) is 4.79 Å². The van der Waals surface area contributed by atoms with E-state index in [1.165, 1.54) is 5.56 Å². The molecule has 0 spiro atoms. The number of halogens is 1. The molecular formula is C20H19ClN2O2. The number of ether oxygens (including phenoxy) is 1. The smallest absolute Gasteiger partial charge is 0.343 e. The summed E-state index contributed by atoms with van der Waals surface area (Å²) in [7, 11) is 0. The Labute approximate surface area is 152 Å². The molecule has 0 fully saturated rings. The van der Waals surface area contributed by atoms with Crippen molar-refractivity contribution in [1.29, 1.82) is 0 Å². The second-order valence-corrected chi connectivity index (χ2v) is 6.31. The maximum atomic E-state index is 12.4. The zero-order valence-corrected chi connectivity index (χ0v) is 15.0. The molecule has 3 aromatic rings. The van der Waals surface area contributed by atoms with Crippen molar-refractivity contribution < 1.29 is 9.53 Å². The van der Waals surface area contributed by atoms with Crippen LogP contribution in [0.4, 0.5) is 0 Å². The first kappa shape index (κ1) is 17.2. The molecule has 0 unspecified atom stereocenters. The summed E-state index contributed by atoms with van der Waals surface area (Å²) in [6.45, 7) is 4.51. The van der Waals surface area contributed by atoms with Gasteiger partial charge in [0.1, 0.15) is 17.3 Å². The number of hydrogen-bond donors (Lipinski definition) is 0. The Bertz CT molecular complexity index is 871. The molecule has 0 aliphatic rings. The number of esters is 1. The Morgan fingerprint density at radius 1 is 1.04 bits per heavy atom. The number of nitrogens with zero attached hydrogens (tertiary/aromatic N) is 2. The van der Waals surface area contributed by atoms with Crippen LogP contribution in [-0.4, -0.2) is 15.7 Å². The van der Waals surface area contributed by atoms with E-state index in [4.69, 9.17) is 16.3 Å². The normalized spacial score (nSPS) is 10.7. The molecule has 0 radical (unpaired) electrons. The number of hydrogen-bond acceptors (Lipinski definition) is 3. The van der Waals surface area contributed by atoms with Crippen LogP contribution in [-0.2, 0) is 17.9 Å². The van der Waals surface area contributed by atoms with Crippen molar-refractivity contribution in [3.05, 3.63) is 87.7 Å². The topological polar surface area (TPSA) is 44.1 Å². The summed E-state index contributed by atoms with van der Waals surface area (Å²) in [5.41, 5.74) is 4.08. The monoisotopic (exact) mass is 354 g/mol. The lowest BCUT2D eigenvalue weighted by Crippen LogP contribution is -2.07. The van der Waals surface area contributed by atoms with Crippen molar-refractivity contribution in [3.63, 3.8) is 0 Å². The third-order valence-corrected chi connectivity index (χ3v) is 4.32. The molecule has 0 N–H and O–H groups in total. The van der Waals surface area contributed by atoms with Crippen LogP contribution >= 0.6 is 11.6 Å². The predicted octanol–water partition coefficient (Wildman–Crippen LogP) is 4.56. The second kappa shape index (κ2) is 7.53. The van der Waals surface area contributed by atoms with Crippen molar-refractivity contribution >= 4 is 17.6 Å². The van der Waals surface area contributed by atoms with Gasteiger partial charge in [-0.1, -0.05) is 71.8 Å². The highest BCUT2D eigenvalue weighted by Crippen LogP contribution is 2.22. The average Bonchev–Trinajstić information content (AvgIpc) is 2.89. The minimum Gasteiger partial charge on any atom is -0.457 e. The Morgan fingerprint density at radius 3 is 2.40 bits per heavy atom. The summed E-state index contributed by atoms with van der Waals surface area (Å²) >= 11 is 6.39. The van der Waals surface area contributed by atoms with Gasteiger partial charge in [-0.2, -0.15) is 5.10 Å². The van der Waals surface area contributed by atoms with Crippen LogP contribution in [0, 0.1) is 13.8 Å². The van der Waals surface area contributed by atoms with Gasteiger partial charge in [0.2, 0.25) is 0 Å². The van der Waals surface area contributed by atoms with E-state index in [1.54, 1.807) is 11.6 Å². The van der Waals surface area contributed by atoms with Gasteiger partial charge in [-0.3, -0.25) is 0 Å². The Balaban J connectivity index is 1.74. The minimum atomic E-state index is -0.457. The molecule has 25 heavy (non-hydrogen) atoms. The van der Waals surface area contributed by atoms with Crippen LogP contribution in [0.2, 0.25) is 5.15 Å². The average molecular weight is 355 g/mol. The summed E-state index contributed by atoms with van der Waals surface area (Å²) in [5, 5.41) is 4.69. The maximum Gasteiger partial charge on any atom is 0.343 e. The summed E-state index contributed by atoms with van der Waals surface area (Å²) in [5.74, 6) is -0.457. The van der Waals surface area contributed by atoms with Crippen LogP contribution in [0.15, 0.2) is 54.6 Å². The fraction of sp³-hybridized carbons (Fsp3) is 0.200. The Kier molecular flexibility index (Phi) is 5.19. The lowest BCUT2D eigenvalue weighted by Gasteiger charge is -2.06. The van der Waals surface area contributed by atoms with Gasteiger partial charge in [-0.05, 0) is 25.0 Å². The minimum absolute atomic E-state index is 0.207. The van der Waals surface area contributed by atoms with Gasteiger partial charge in [0, 0.05) is 0 Å². The van der Waals surface area contributed by atoms with Gasteiger partial charge >= 0.3 is 5.97 Å². The molecule has 1 aromatic heterocycles. The quantitative estimate of drug-likeness (QED) is 0.631. The molecule has 4 nitrogen and oxygen atoms in total. The molecule has 0 saturated carbocycles. The molecule has 0 bridgehead atoms. The fourth-order valence-corrected chi connectivity index (χ4v) is 2.86. The summed E-state index contributed by atoms with van der Waals surface area (Å²) < 4.78 is 7.00. The molecule has 0 amide bonds. The molecule has 2 aromatic carbocycles. The number of rotatable bonds is 5. The summed E-state index contributed by atoms with van der Waals surface area (Å²) in [6.07, 6.45) is 0. The molecule has 0 aliphatic carbocycles. The third-order valence-electron chi connectivity index (χ3n) is 3.94. The van der Waals surface area contributed by atoms with E-state index in [2.05, 4.69) is 5.10 Å². The predicted molar refractivity (Wildman–Crippen MR) is 97.8 cm³/mol. The first-order valence-corrected chi connectivity index (χ1v) is 8.42. The lowest BCUT2D eigenvalue weighted by atomic mass is 10.1. The number of carbonyl (C=O) groups is 1. The van der Waals surface area contributed by atoms with E-state index < -0.39 is 5.97 Å². The van der Waals surface area contributed by atoms with Crippen molar-refractivity contribution in [2.24, 2.45) is 0 Å². The number of carbonyl (C=O) groups excluding carboxylic acids is 1. The van der Waals surface area contributed by atoms with Gasteiger partial charge in [0.05, 0.1) is 12.2 Å². The SMILES string of the molecule is Cc1ccc(Cn2nc(C)c(C(=O)OCc3ccccc3)c2Cl)cc1. The van der Waals surface area contributed by atoms with Gasteiger partial charge in [-0.25, -0.2) is 9.48 Å². The van der Waals surface area contributed by atoms with Crippen LogP contribution in [0.1, 0.15) is 32.7 Å². The van der Waals surface area contributed by atoms with Crippen molar-refractivity contribution in [2.75, 3.05) is 0 Å². The molecule has 0 atom stereocenters. The first-order chi connectivity index (χ1) is 12.0. The van der Waals surface area contributed by atoms with Gasteiger partial charge in [0.25, 0.3) is 0 Å². The number of aryl methyl sites for hydroxylation is 2. The number of aromatic nitrogens is 2. The number of benzene rings is 2. The summed E-state index contributed by atoms with van der Waals surface area (Å²) in [4.78, 5) is 12.4. The third kappa shape index (κ3) is 4.09. The highest BCUT2D eigenvalue weighted by atomic mass is 35.5. The Hall–Kier alpha value is -2.59. The van der Waals surface area contributed by atoms with Crippen LogP contribution in [0.3, 0.4) is 0 Å². The lowest BCUT2D eigenvalue weighted by molar-refractivity contribution is 0.0472. The summed E-state index contributed by atoms with van der Waals surface area (Å²) in [6, 6.07) is 17.7. The molecule has 128 valence electrons. The van der Waals surface area contributed by atoms with Gasteiger partial charge < -0.3 is 4.74 Å². The van der Waals surface area contributed by atoms with E-state index in [0.29, 0.717) is 23.0 Å². The molecule has 1 heterocycles. The van der Waals surface area contributed by atoms with Crippen LogP contribution in [0.25, 0.3) is 0 Å². The molecule has 3 rings (SSSR count). The molecule has 5 heteroatoms. The largest absolute Gasteiger partial charge is 0.457 e. The van der Waals surface area contributed by atoms with Gasteiger partial charge in [-0.15, -0.1) is 0 Å². The van der Waals surface area contributed by atoms with Crippen molar-refractivity contribution in [3.8, 4) is 0 Å². The second-order valence-electron chi connectivity index (χ2n) is 5.96. The highest BCUT2D eigenvalue weighted by molar-refractivity contribution is 6.32. The molecule has 0 aliphatic heterocycles. The molecule has 0 saturated heterocycles. The van der Waals surface area contributed by atoms with Crippen LogP contribution < -0.4 is 0 Å². The van der Waals surface area contributed by atoms with Gasteiger partial charge in [0.15, 0.2) is 0 Å². The zero-order chi connectivity index (χ0) is 17.8. The Morgan fingerprint density at radius 2 is 1.72 bits per heavy atom. The first-order valence-electron chi connectivity index (χ1n) is 8.04. The maximum absolute atomic E-state index is 12.4. The van der Waals surface area contributed by atoms with Crippen LogP contribution in [0.5, 0.6) is 0 Å². The van der Waals surface area contributed by atoms with E-state index in [-0.39, 0.29) is 6.61 Å². The molecular weight excluding hydrogens is 336 g/mol. The standard InChI is InChI=1S/C20H19ClN2O2/c1-14-8-10-16(11-9-14)12-23-19(21)18(15(2)22-23)20(24)25-13-17-6-4-3-5-7-17/h3-11H,12-13H2,1-2H3. The fourth-order valence-electron chi connectivity index (χ4n) is 2.55. The van der Waals surface area contributed by atoms with E-state index >= 15 is 0 Å². The van der Waals surface area contributed by atoms with E-state index in [1.807, 2.05) is 61.5 Å². The zero-order valence-electron chi connectivity index (χ0n) is 14.2. The van der Waals surface area contributed by atoms with Crippen molar-refractivity contribution in [2.45, 2.75) is 27.0 Å². The van der Waals surface area contributed by atoms with Crippen molar-refractivity contribution in [1.82, 2.24) is 9.78 Å². The van der Waals surface area contributed by atoms with E-state index in [0.717, 1.165) is 11.1 Å².